The summed E-state index contributed by atoms with van der Waals surface area (Å²) >= 11 is 0. The number of nitrogens with zero attached hydrogens (tertiary/aromatic N) is 2. The van der Waals surface area contributed by atoms with E-state index in [9.17, 15) is 9.59 Å². The maximum atomic E-state index is 12.0. The summed E-state index contributed by atoms with van der Waals surface area (Å²) in [5.41, 5.74) is 0.347. The molecular formula is C15H16N4O2. The van der Waals surface area contributed by atoms with E-state index >= 15 is 0 Å². The summed E-state index contributed by atoms with van der Waals surface area (Å²) in [6.07, 6.45) is 6.88. The Morgan fingerprint density at radius 3 is 2.71 bits per heavy atom. The van der Waals surface area contributed by atoms with Crippen molar-refractivity contribution >= 4 is 17.4 Å². The van der Waals surface area contributed by atoms with E-state index in [4.69, 9.17) is 0 Å². The Morgan fingerprint density at radius 2 is 2.05 bits per heavy atom. The number of rotatable bonds is 3. The van der Waals surface area contributed by atoms with Crippen LogP contribution < -0.4 is 15.6 Å². The fourth-order valence-corrected chi connectivity index (χ4v) is 2.39. The number of anilines is 2. The predicted octanol–water partition coefficient (Wildman–Crippen LogP) is 1.62. The highest BCUT2D eigenvalue weighted by Crippen LogP contribution is 2.19. The number of nitrogens with one attached hydrogen (secondary N) is 2. The third-order valence-electron chi connectivity index (χ3n) is 3.50. The summed E-state index contributed by atoms with van der Waals surface area (Å²) in [4.78, 5) is 32.9. The molecule has 3 rings (SSSR count). The second-order valence-electron chi connectivity index (χ2n) is 4.98. The molecule has 0 radical (unpaired) electrons. The SMILES string of the molecule is O=C(Nc1ccc(N2CCCC2)nc1)c1c[nH]ccc1=O. The van der Waals surface area contributed by atoms with Crippen molar-refractivity contribution in [2.75, 3.05) is 23.3 Å². The molecule has 2 aromatic rings. The van der Waals surface area contributed by atoms with Crippen LogP contribution in [0.2, 0.25) is 0 Å². The van der Waals surface area contributed by atoms with Crippen LogP contribution in [0, 0.1) is 0 Å². The minimum Gasteiger partial charge on any atom is -0.367 e. The molecule has 0 atom stereocenters. The van der Waals surface area contributed by atoms with Gasteiger partial charge in [0, 0.05) is 31.5 Å². The van der Waals surface area contributed by atoms with Crippen molar-refractivity contribution in [3.8, 4) is 0 Å². The van der Waals surface area contributed by atoms with Crippen LogP contribution in [-0.2, 0) is 0 Å². The van der Waals surface area contributed by atoms with Crippen molar-refractivity contribution < 1.29 is 4.79 Å². The molecule has 0 aliphatic carbocycles. The first-order valence-electron chi connectivity index (χ1n) is 6.93. The van der Waals surface area contributed by atoms with Gasteiger partial charge in [-0.3, -0.25) is 9.59 Å². The van der Waals surface area contributed by atoms with E-state index in [-0.39, 0.29) is 11.0 Å². The number of carbonyl (C=O) groups is 1. The van der Waals surface area contributed by atoms with Crippen molar-refractivity contribution in [3.63, 3.8) is 0 Å². The lowest BCUT2D eigenvalue weighted by atomic mass is 10.2. The first kappa shape index (κ1) is 13.4. The van der Waals surface area contributed by atoms with E-state index in [2.05, 4.69) is 20.2 Å². The Kier molecular flexibility index (Phi) is 3.68. The van der Waals surface area contributed by atoms with E-state index in [1.165, 1.54) is 31.3 Å². The van der Waals surface area contributed by atoms with Crippen LogP contribution in [0.5, 0.6) is 0 Å². The molecule has 1 fully saturated rings. The van der Waals surface area contributed by atoms with Gasteiger partial charge in [0.1, 0.15) is 11.4 Å². The van der Waals surface area contributed by atoms with Crippen molar-refractivity contribution in [1.29, 1.82) is 0 Å². The van der Waals surface area contributed by atoms with Crippen molar-refractivity contribution in [2.24, 2.45) is 0 Å². The number of H-pyrrole nitrogens is 1. The molecule has 6 heteroatoms. The van der Waals surface area contributed by atoms with Crippen LogP contribution >= 0.6 is 0 Å². The second kappa shape index (κ2) is 5.78. The zero-order chi connectivity index (χ0) is 14.7. The average Bonchev–Trinajstić information content (AvgIpc) is 3.02. The smallest absolute Gasteiger partial charge is 0.261 e. The molecule has 0 aromatic carbocycles. The number of aromatic nitrogens is 2. The molecule has 0 unspecified atom stereocenters. The Morgan fingerprint density at radius 1 is 1.24 bits per heavy atom. The molecule has 1 amide bonds. The van der Waals surface area contributed by atoms with Gasteiger partial charge in [-0.25, -0.2) is 4.98 Å². The molecule has 1 aliphatic rings. The van der Waals surface area contributed by atoms with Gasteiger partial charge in [-0.2, -0.15) is 0 Å². The standard InChI is InChI=1S/C15H16N4O2/c20-13-5-6-16-10-12(13)15(21)18-11-3-4-14(17-9-11)19-7-1-2-8-19/h3-6,9-10H,1-2,7-8H2,(H,16,20)(H,18,21). The number of hydrogen-bond donors (Lipinski definition) is 2. The summed E-state index contributed by atoms with van der Waals surface area (Å²) in [6, 6.07) is 5.01. The number of amides is 1. The third-order valence-corrected chi connectivity index (χ3v) is 3.50. The fourth-order valence-electron chi connectivity index (χ4n) is 2.39. The van der Waals surface area contributed by atoms with Crippen LogP contribution in [-0.4, -0.2) is 29.0 Å². The van der Waals surface area contributed by atoms with Crippen molar-refractivity contribution in [3.05, 3.63) is 52.6 Å². The highest BCUT2D eigenvalue weighted by molar-refractivity contribution is 6.03. The number of hydrogen-bond acceptors (Lipinski definition) is 4. The number of pyridine rings is 2. The largest absolute Gasteiger partial charge is 0.367 e. The van der Waals surface area contributed by atoms with Crippen LogP contribution in [0.4, 0.5) is 11.5 Å². The zero-order valence-electron chi connectivity index (χ0n) is 11.5. The molecule has 1 saturated heterocycles. The Hall–Kier alpha value is -2.63. The van der Waals surface area contributed by atoms with E-state index in [0.717, 1.165) is 18.9 Å². The molecule has 0 spiro atoms. The average molecular weight is 284 g/mol. The maximum absolute atomic E-state index is 12.0. The second-order valence-corrected chi connectivity index (χ2v) is 4.98. The highest BCUT2D eigenvalue weighted by atomic mass is 16.2. The molecule has 1 aliphatic heterocycles. The molecule has 0 saturated carbocycles. The minimum atomic E-state index is -0.437. The summed E-state index contributed by atoms with van der Waals surface area (Å²) in [7, 11) is 0. The van der Waals surface area contributed by atoms with Gasteiger partial charge in [0.05, 0.1) is 11.9 Å². The molecule has 108 valence electrons. The summed E-state index contributed by atoms with van der Waals surface area (Å²) in [6.45, 7) is 2.05. The Bertz CT molecular complexity index is 687. The van der Waals surface area contributed by atoms with Crippen LogP contribution in [0.25, 0.3) is 0 Å². The monoisotopic (exact) mass is 284 g/mol. The first-order valence-corrected chi connectivity index (χ1v) is 6.93. The van der Waals surface area contributed by atoms with Gasteiger partial charge in [-0.1, -0.05) is 0 Å². The quantitative estimate of drug-likeness (QED) is 0.898. The molecule has 3 heterocycles. The normalized spacial score (nSPS) is 14.2. The predicted molar refractivity (Wildman–Crippen MR) is 80.7 cm³/mol. The van der Waals surface area contributed by atoms with Gasteiger partial charge in [0.15, 0.2) is 5.43 Å². The summed E-state index contributed by atoms with van der Waals surface area (Å²) in [5.74, 6) is 0.482. The molecule has 21 heavy (non-hydrogen) atoms. The lowest BCUT2D eigenvalue weighted by molar-refractivity contribution is 0.102. The van der Waals surface area contributed by atoms with Gasteiger partial charge in [-0.15, -0.1) is 0 Å². The highest BCUT2D eigenvalue weighted by Gasteiger charge is 2.14. The van der Waals surface area contributed by atoms with E-state index in [1.807, 2.05) is 6.07 Å². The number of carbonyl (C=O) groups excluding carboxylic acids is 1. The van der Waals surface area contributed by atoms with Gasteiger partial charge >= 0.3 is 0 Å². The molecule has 2 aromatic heterocycles. The van der Waals surface area contributed by atoms with E-state index in [0.29, 0.717) is 5.69 Å². The van der Waals surface area contributed by atoms with Gasteiger partial charge in [0.2, 0.25) is 0 Å². The van der Waals surface area contributed by atoms with Crippen LogP contribution in [0.15, 0.2) is 41.6 Å². The Labute approximate surface area is 121 Å². The van der Waals surface area contributed by atoms with E-state index in [1.54, 1.807) is 12.3 Å². The van der Waals surface area contributed by atoms with Crippen molar-refractivity contribution in [1.82, 2.24) is 9.97 Å². The van der Waals surface area contributed by atoms with Crippen molar-refractivity contribution in [2.45, 2.75) is 12.8 Å². The third kappa shape index (κ3) is 2.94. The lowest BCUT2D eigenvalue weighted by Gasteiger charge is -2.16. The Balaban J connectivity index is 1.72. The lowest BCUT2D eigenvalue weighted by Crippen LogP contribution is -2.21. The van der Waals surface area contributed by atoms with Gasteiger partial charge < -0.3 is 15.2 Å². The molecular weight excluding hydrogens is 268 g/mol. The van der Waals surface area contributed by atoms with Crippen LogP contribution in [0.1, 0.15) is 23.2 Å². The minimum absolute atomic E-state index is 0.0844. The van der Waals surface area contributed by atoms with E-state index < -0.39 is 5.91 Å². The fraction of sp³-hybridized carbons (Fsp3) is 0.267. The molecule has 2 N–H and O–H groups in total. The maximum Gasteiger partial charge on any atom is 0.261 e. The van der Waals surface area contributed by atoms with Gasteiger partial charge in [-0.05, 0) is 25.0 Å². The summed E-state index contributed by atoms with van der Waals surface area (Å²) in [5, 5.41) is 2.68. The van der Waals surface area contributed by atoms with Gasteiger partial charge in [0.25, 0.3) is 5.91 Å². The topological polar surface area (TPSA) is 78.1 Å². The first-order chi connectivity index (χ1) is 10.2. The van der Waals surface area contributed by atoms with Crippen LogP contribution in [0.3, 0.4) is 0 Å². The molecule has 0 bridgehead atoms. The number of aromatic amines is 1. The molecule has 6 nitrogen and oxygen atoms in total. The summed E-state index contributed by atoms with van der Waals surface area (Å²) < 4.78 is 0. The zero-order valence-corrected chi connectivity index (χ0v) is 11.5.